The van der Waals surface area contributed by atoms with Crippen LogP contribution in [0.5, 0.6) is 0 Å². The molecule has 16 atom stereocenters. The van der Waals surface area contributed by atoms with Gasteiger partial charge in [-0.2, -0.15) is 0 Å². The van der Waals surface area contributed by atoms with E-state index in [0.717, 1.165) is 6.92 Å². The lowest BCUT2D eigenvalue weighted by atomic mass is 9.87. The molecule has 96 heavy (non-hydrogen) atoms. The van der Waals surface area contributed by atoms with Crippen molar-refractivity contribution in [2.75, 3.05) is 19.7 Å². The largest absolute Gasteiger partial charge is 0.453 e. The van der Waals surface area contributed by atoms with Crippen molar-refractivity contribution in [3.63, 3.8) is 0 Å². The van der Waals surface area contributed by atoms with Crippen LogP contribution in [0.2, 0.25) is 0 Å². The van der Waals surface area contributed by atoms with Crippen LogP contribution in [0.25, 0.3) is 0 Å². The highest BCUT2D eigenvalue weighted by Gasteiger charge is 2.44. The number of carbonyl (C=O) groups is 12. The lowest BCUT2D eigenvalue weighted by Crippen LogP contribution is -2.64. The van der Waals surface area contributed by atoms with Crippen molar-refractivity contribution in [1.82, 2.24) is 63.8 Å². The molecule has 1 aliphatic rings. The van der Waals surface area contributed by atoms with Gasteiger partial charge in [-0.25, -0.2) is 4.79 Å². The first-order valence-corrected chi connectivity index (χ1v) is 32.7. The summed E-state index contributed by atoms with van der Waals surface area (Å²) in [6.07, 6.45) is -7.88. The standard InChI is InChI=1S/C64H109N15O17/c1-16-34(10)44-58(91)77-45(35(11)81)57(90)69-28-43(82)75-47(50(84)52(65)85)60(93)74-42(29-80)62(95)96-51(37-21-18-17-19-22-37)48(79-56(89)41(27-32(6)7)72-54(87)39(25-30(2)3)70-36(12)64(13,14)15)61(94)78-46(49(83)33(8)9)59(92)73-40(26-31(4)5)55(88)71-38(53(86)76-44)23-20-24-68-63(66)67/h17-19,21-22,30-36,38-42,44-51,70,80-81,83-84H,16,20,23-29H2,1-15H3,(H2,65,85)(H,69,90)(H,71,88)(H,72,87)(H,73,92)(H,74,93)(H,75,82)(H,76,86)(H,77,91)(H,78,94)(H,79,89)(H4,66,67,68)/t34-,35-,36?,38+,39+,40-,41-,42-,44?,45-,46-,47-,48-,49+,50-,51+/m0/s1. The van der Waals surface area contributed by atoms with Crippen LogP contribution in [-0.4, -0.2) is 202 Å². The van der Waals surface area contributed by atoms with E-state index in [1.54, 1.807) is 47.6 Å². The number of nitrogens with two attached hydrogens (primary N) is 2. The average Bonchev–Trinajstić information content (AvgIpc) is 0.826. The summed E-state index contributed by atoms with van der Waals surface area (Å²) < 4.78 is 6.01. The molecule has 0 radical (unpaired) electrons. The van der Waals surface area contributed by atoms with Crippen molar-refractivity contribution in [2.24, 2.45) is 46.5 Å². The number of cyclic esters (lactones) is 1. The van der Waals surface area contributed by atoms with E-state index in [-0.39, 0.29) is 73.4 Å². The molecule has 2 unspecified atom stereocenters. The van der Waals surface area contributed by atoms with Gasteiger partial charge < -0.3 is 100 Å². The highest BCUT2D eigenvalue weighted by Crippen LogP contribution is 2.26. The van der Waals surface area contributed by atoms with E-state index in [4.69, 9.17) is 21.6 Å². The van der Waals surface area contributed by atoms with Gasteiger partial charge in [0.1, 0.15) is 48.3 Å². The Morgan fingerprint density at radius 3 is 1.70 bits per heavy atom. The number of hydrogen-bond acceptors (Lipinski definition) is 19. The van der Waals surface area contributed by atoms with Crippen LogP contribution in [0.3, 0.4) is 0 Å². The van der Waals surface area contributed by atoms with Crippen molar-refractivity contribution >= 4 is 76.9 Å². The molecule has 21 N–H and O–H groups in total. The van der Waals surface area contributed by atoms with Crippen LogP contribution >= 0.6 is 0 Å². The molecule has 0 spiro atoms. The van der Waals surface area contributed by atoms with Crippen LogP contribution in [0.15, 0.2) is 30.3 Å². The maximum Gasteiger partial charge on any atom is 0.331 e. The van der Waals surface area contributed by atoms with Gasteiger partial charge in [0.15, 0.2) is 24.2 Å². The van der Waals surface area contributed by atoms with E-state index in [2.05, 4.69) is 58.5 Å². The van der Waals surface area contributed by atoms with Crippen molar-refractivity contribution in [3.05, 3.63) is 35.9 Å². The smallest absolute Gasteiger partial charge is 0.331 e. The molecule has 1 heterocycles. The fourth-order valence-corrected chi connectivity index (χ4v) is 9.93. The van der Waals surface area contributed by atoms with Crippen LogP contribution in [0, 0.1) is 40.4 Å². The van der Waals surface area contributed by atoms with Gasteiger partial charge in [0, 0.05) is 12.6 Å². The summed E-state index contributed by atoms with van der Waals surface area (Å²) in [7, 11) is 0. The number of ether oxygens (including phenoxy) is 1. The molecule has 0 saturated carbocycles. The molecule has 1 fully saturated rings. The van der Waals surface area contributed by atoms with Gasteiger partial charge in [0.2, 0.25) is 65.0 Å². The Morgan fingerprint density at radius 1 is 0.646 bits per heavy atom. The second kappa shape index (κ2) is 39.8. The van der Waals surface area contributed by atoms with Crippen molar-refractivity contribution < 1.29 is 82.7 Å². The highest BCUT2D eigenvalue weighted by molar-refractivity contribution is 6.00. The summed E-state index contributed by atoms with van der Waals surface area (Å²) in [4.78, 5) is 172. The van der Waals surface area contributed by atoms with E-state index in [9.17, 15) is 63.6 Å². The average molecular weight is 1360 g/mol. The van der Waals surface area contributed by atoms with Gasteiger partial charge in [-0.1, -0.05) is 127 Å². The SMILES string of the molecule is CC[C@H](C)C1NC(=O)[C@@H](CCCNC(=N)N)NC(=O)[C@H](CC(C)C)NC(=O)[C@H]([C@H](O)C(C)C)NC(=O)[C@@H](NC(=O)[C@H](CC(C)C)NC(=O)[C@@H](CC(C)C)NC(C)C(C)(C)C)[C@@H](c2ccccc2)OC(=O)[C@H](CO)NC(=O)[C@H]([C@H](O)C(N)=O)NC(=O)CNC(=O)[C@H]([C@H](C)O)NC1=O. The predicted molar refractivity (Wildman–Crippen MR) is 353 cm³/mol. The number of aliphatic hydroxyl groups is 4. The third-order valence-corrected chi connectivity index (χ3v) is 16.2. The third kappa shape index (κ3) is 27.6. The minimum absolute atomic E-state index is 0.0156. The molecule has 542 valence electrons. The van der Waals surface area contributed by atoms with Crippen molar-refractivity contribution in [2.45, 2.75) is 233 Å². The number of esters is 1. The first-order valence-electron chi connectivity index (χ1n) is 32.7. The Morgan fingerprint density at radius 2 is 1.18 bits per heavy atom. The maximum atomic E-state index is 15.6. The minimum Gasteiger partial charge on any atom is -0.453 e. The van der Waals surface area contributed by atoms with Gasteiger partial charge in [-0.15, -0.1) is 0 Å². The fraction of sp³-hybridized carbons (Fsp3) is 0.703. The van der Waals surface area contributed by atoms with Crippen molar-refractivity contribution in [1.29, 1.82) is 5.41 Å². The molecule has 32 heteroatoms. The van der Waals surface area contributed by atoms with Gasteiger partial charge in [-0.05, 0) is 86.5 Å². The molecule has 1 saturated heterocycles. The number of carbonyl (C=O) groups excluding carboxylic acids is 12. The maximum absolute atomic E-state index is 15.6. The zero-order valence-corrected chi connectivity index (χ0v) is 58.0. The Hall–Kier alpha value is -8.07. The number of aliphatic hydroxyl groups excluding tert-OH is 4. The summed E-state index contributed by atoms with van der Waals surface area (Å²) in [6, 6.07) is -10.6. The van der Waals surface area contributed by atoms with Crippen LogP contribution in [0.4, 0.5) is 0 Å². The van der Waals surface area contributed by atoms with E-state index in [1.165, 1.54) is 38.1 Å². The highest BCUT2D eigenvalue weighted by atomic mass is 16.5. The minimum atomic E-state index is -2.58. The number of primary amides is 1. The fourth-order valence-electron chi connectivity index (χ4n) is 9.93. The van der Waals surface area contributed by atoms with E-state index in [0.29, 0.717) is 6.42 Å². The molecule has 0 bridgehead atoms. The van der Waals surface area contributed by atoms with Gasteiger partial charge in [0.25, 0.3) is 0 Å². The molecule has 1 aromatic rings. The van der Waals surface area contributed by atoms with E-state index in [1.807, 2.05) is 46.9 Å². The van der Waals surface area contributed by atoms with E-state index >= 15 is 14.4 Å². The molecule has 0 aliphatic carbocycles. The second-order valence-corrected chi connectivity index (χ2v) is 27.3. The zero-order chi connectivity index (χ0) is 73.2. The number of guanidine groups is 1. The molecule has 1 aromatic carbocycles. The Balaban J connectivity index is 3.17. The zero-order valence-electron chi connectivity index (χ0n) is 58.0. The molecule has 2 rings (SSSR count). The predicted octanol–water partition coefficient (Wildman–Crippen LogP) is -3.16. The van der Waals surface area contributed by atoms with E-state index < -0.39 is 187 Å². The third-order valence-electron chi connectivity index (χ3n) is 16.2. The first-order chi connectivity index (χ1) is 44.6. The Labute approximate surface area is 562 Å². The summed E-state index contributed by atoms with van der Waals surface area (Å²) in [5.74, 6) is -17.0. The van der Waals surface area contributed by atoms with Crippen molar-refractivity contribution in [3.8, 4) is 0 Å². The lowest BCUT2D eigenvalue weighted by Gasteiger charge is -2.34. The normalized spacial score (nSPS) is 24.4. The van der Waals surface area contributed by atoms with Gasteiger partial charge in [0.05, 0.1) is 31.4 Å². The number of hydrogen-bond donors (Lipinski definition) is 19. The molecular formula is C64H109N15O17. The van der Waals surface area contributed by atoms with Gasteiger partial charge >= 0.3 is 5.97 Å². The molecular weight excluding hydrogens is 1250 g/mol. The number of benzene rings is 1. The lowest BCUT2D eigenvalue weighted by molar-refractivity contribution is -0.159. The molecule has 0 aromatic heterocycles. The summed E-state index contributed by atoms with van der Waals surface area (Å²) in [5, 5.41) is 82.5. The first kappa shape index (κ1) is 84.0. The molecule has 32 nitrogen and oxygen atoms in total. The quantitative estimate of drug-likeness (QED) is 0.0199. The Kier molecular flexibility index (Phi) is 34.9. The van der Waals surface area contributed by atoms with Crippen LogP contribution < -0.4 is 75.3 Å². The van der Waals surface area contributed by atoms with Gasteiger partial charge in [-0.3, -0.25) is 58.1 Å². The summed E-state index contributed by atoms with van der Waals surface area (Å²) in [6.45, 7) is 23.6. The van der Waals surface area contributed by atoms with Crippen LogP contribution in [0.1, 0.15) is 154 Å². The topological polar surface area (TPSA) is 515 Å². The second-order valence-electron chi connectivity index (χ2n) is 27.3. The monoisotopic (exact) mass is 1360 g/mol. The number of amides is 11. The number of rotatable bonds is 25. The molecule has 11 amide bonds. The summed E-state index contributed by atoms with van der Waals surface area (Å²) >= 11 is 0. The summed E-state index contributed by atoms with van der Waals surface area (Å²) in [5.41, 5.74) is 10.5. The Bertz CT molecular complexity index is 2800. The van der Waals surface area contributed by atoms with Crippen LogP contribution in [-0.2, 0) is 62.3 Å². The number of nitrogens with one attached hydrogen (secondary N) is 13. The molecule has 1 aliphatic heterocycles.